The number of anilines is 3. The van der Waals surface area contributed by atoms with Crippen LogP contribution in [0.5, 0.6) is 0 Å². The normalized spacial score (nSPS) is 24.5. The van der Waals surface area contributed by atoms with Crippen LogP contribution in [0.2, 0.25) is 0 Å². The molecule has 6 heterocycles. The molecule has 1 aromatic heterocycles. The third kappa shape index (κ3) is 19.7. The molecular formula is C73H107F2N15O9. The number of aryl methyl sites for hydroxylation is 1. The number of benzene rings is 2. The first-order valence-electron chi connectivity index (χ1n) is 36.7. The molecule has 542 valence electrons. The SMILES string of the molecule is CN[C@@H](C)C(=O)N[C@H](C(=O)N1C[C@@H](NC(=O)CCC(=O)NCCOCCN2C[C@H]3C[C@@H](OCC(=O)NCCCNc4cc(N5CCC6(CC5)CN(c5cc(F)c(CN7CCC(C)(C)CC7)cc5F)CC(=O)N6)ncn4)C[C@H]3C2)C[C@H]1C(=O)N[C@H]1CCCc2ccccc21)C1CCCCC1. The van der Waals surface area contributed by atoms with Crippen molar-refractivity contribution < 1.29 is 51.8 Å². The van der Waals surface area contributed by atoms with Gasteiger partial charge in [0.15, 0.2) is 0 Å². The third-order valence-electron chi connectivity index (χ3n) is 22.4. The predicted molar refractivity (Wildman–Crippen MR) is 372 cm³/mol. The summed E-state index contributed by atoms with van der Waals surface area (Å²) < 4.78 is 43.3. The first-order chi connectivity index (χ1) is 47.8. The van der Waals surface area contributed by atoms with E-state index in [9.17, 15) is 33.6 Å². The summed E-state index contributed by atoms with van der Waals surface area (Å²) in [6.07, 6.45) is 14.5. The summed E-state index contributed by atoms with van der Waals surface area (Å²) >= 11 is 0. The standard InChI is InChI=1S/C73H107F2N15O9/c1-48(76-4)69(95)84-68(50-13-6-5-7-14-50)71(97)90-43-54(37-61(90)70(96)83-59-17-10-15-49-12-8-9-16-56(49)59)82-65(92)19-18-64(91)79-26-32-98-33-31-87-40-51-34-55(35-52(51)41-87)99-45-67(94)78-25-11-24-77-62-39-63(81-47-80-62)88-29-22-73(23-30-88)46-89(44-66(93)85-73)60-38-57(74)53(36-58(60)75)42-86-27-20-72(2,3)21-28-86/h8-9,12,16,36,38-39,47-48,50-52,54-55,59,61,68,76H,5-7,10-11,13-15,17-35,37,40-46H2,1-4H3,(H,78,94)(H,79,91)(H,82,92)(H,83,96)(H,84,95)(H,85,93)(H,77,80,81)/t48-,51-,52+,54-,55-,59-,61-,68-/m0/s1. The number of piperidine rings is 2. The van der Waals surface area contributed by atoms with Gasteiger partial charge in [-0.25, -0.2) is 18.7 Å². The van der Waals surface area contributed by atoms with E-state index in [1.165, 1.54) is 24.0 Å². The number of hydrogen-bond donors (Lipinski definition) is 8. The fraction of sp³-hybridized carbons (Fsp3) is 0.685. The van der Waals surface area contributed by atoms with Gasteiger partial charge in [-0.05, 0) is 151 Å². The number of carbonyl (C=O) groups excluding carboxylic acids is 7. The molecule has 26 heteroatoms. The van der Waals surface area contributed by atoms with Crippen LogP contribution in [0, 0.1) is 34.8 Å². The molecule has 3 aromatic rings. The zero-order valence-corrected chi connectivity index (χ0v) is 58.6. The second-order valence-corrected chi connectivity index (χ2v) is 30.1. The lowest BCUT2D eigenvalue weighted by Gasteiger charge is -2.48. The van der Waals surface area contributed by atoms with Crippen molar-refractivity contribution in [2.45, 2.75) is 185 Å². The molecule has 24 nitrogen and oxygen atoms in total. The largest absolute Gasteiger partial charge is 0.378 e. The Morgan fingerprint density at radius 2 is 1.52 bits per heavy atom. The number of nitrogens with zero attached hydrogens (tertiary/aromatic N) is 7. The molecule has 0 bridgehead atoms. The van der Waals surface area contributed by atoms with Gasteiger partial charge in [0.2, 0.25) is 41.4 Å². The number of fused-ring (bicyclic) bond motifs is 2. The van der Waals surface area contributed by atoms with Crippen molar-refractivity contribution in [3.8, 4) is 0 Å². The van der Waals surface area contributed by atoms with Gasteiger partial charge in [0, 0.05) is 109 Å². The molecule has 7 amide bonds. The molecule has 0 radical (unpaired) electrons. The zero-order chi connectivity index (χ0) is 69.6. The van der Waals surface area contributed by atoms with Crippen LogP contribution in [-0.2, 0) is 56.0 Å². The van der Waals surface area contributed by atoms with Crippen LogP contribution in [0.3, 0.4) is 0 Å². The minimum absolute atomic E-state index is 0.0103. The number of amides is 7. The lowest BCUT2D eigenvalue weighted by Crippen LogP contribution is -2.66. The Labute approximate surface area is 582 Å². The summed E-state index contributed by atoms with van der Waals surface area (Å²) in [7, 11) is 1.69. The van der Waals surface area contributed by atoms with Crippen molar-refractivity contribution >= 4 is 58.7 Å². The van der Waals surface area contributed by atoms with Crippen LogP contribution >= 0.6 is 0 Å². The minimum Gasteiger partial charge on any atom is -0.378 e. The van der Waals surface area contributed by atoms with Crippen molar-refractivity contribution in [2.75, 3.05) is 127 Å². The van der Waals surface area contributed by atoms with Gasteiger partial charge in [0.1, 0.15) is 48.3 Å². The molecule has 7 fully saturated rings. The first-order valence-corrected chi connectivity index (χ1v) is 36.7. The Bertz CT molecular complexity index is 3270. The van der Waals surface area contributed by atoms with E-state index in [1.807, 2.05) is 24.3 Å². The summed E-state index contributed by atoms with van der Waals surface area (Å²) in [6, 6.07) is 9.65. The van der Waals surface area contributed by atoms with Gasteiger partial charge in [0.25, 0.3) is 0 Å². The lowest BCUT2D eigenvalue weighted by atomic mass is 9.82. The van der Waals surface area contributed by atoms with Crippen molar-refractivity contribution in [3.05, 3.63) is 77.1 Å². The number of nitrogens with one attached hydrogen (secondary N) is 8. The second-order valence-electron chi connectivity index (χ2n) is 30.1. The summed E-state index contributed by atoms with van der Waals surface area (Å²) in [5.74, 6) is -0.535. The van der Waals surface area contributed by atoms with E-state index in [1.54, 1.807) is 23.8 Å². The molecule has 11 rings (SSSR count). The molecule has 2 saturated carbocycles. The van der Waals surface area contributed by atoms with Gasteiger partial charge in [0.05, 0.1) is 49.2 Å². The fourth-order valence-corrected chi connectivity index (χ4v) is 16.4. The molecule has 1 spiro atoms. The van der Waals surface area contributed by atoms with Gasteiger partial charge in [-0.3, -0.25) is 38.5 Å². The molecule has 5 aliphatic heterocycles. The maximum absolute atomic E-state index is 15.8. The van der Waals surface area contributed by atoms with Crippen molar-refractivity contribution in [1.82, 2.24) is 61.9 Å². The summed E-state index contributed by atoms with van der Waals surface area (Å²) in [5.41, 5.74) is 2.39. The quantitative estimate of drug-likeness (QED) is 0.0431. The van der Waals surface area contributed by atoms with Gasteiger partial charge in [-0.1, -0.05) is 57.4 Å². The van der Waals surface area contributed by atoms with E-state index in [4.69, 9.17) is 9.47 Å². The monoisotopic (exact) mass is 1380 g/mol. The maximum atomic E-state index is 15.8. The summed E-state index contributed by atoms with van der Waals surface area (Å²) in [6.45, 7) is 14.7. The number of piperazine rings is 1. The molecule has 8 atom stereocenters. The summed E-state index contributed by atoms with van der Waals surface area (Å²) in [5, 5.41) is 24.6. The Hall–Kier alpha value is -7.13. The van der Waals surface area contributed by atoms with Gasteiger partial charge in [-0.2, -0.15) is 0 Å². The average molecular weight is 1380 g/mol. The smallest absolute Gasteiger partial charge is 0.246 e. The van der Waals surface area contributed by atoms with Crippen molar-refractivity contribution in [2.24, 2.45) is 23.2 Å². The van der Waals surface area contributed by atoms with Crippen molar-refractivity contribution in [1.29, 1.82) is 0 Å². The van der Waals surface area contributed by atoms with E-state index in [0.29, 0.717) is 102 Å². The third-order valence-corrected chi connectivity index (χ3v) is 22.4. The number of ether oxygens (including phenoxy) is 2. The molecule has 99 heavy (non-hydrogen) atoms. The van der Waals surface area contributed by atoms with Crippen LogP contribution < -0.4 is 52.3 Å². The fourth-order valence-electron chi connectivity index (χ4n) is 16.4. The lowest BCUT2D eigenvalue weighted by molar-refractivity contribution is -0.143. The molecular weight excluding hydrogens is 1270 g/mol. The van der Waals surface area contributed by atoms with Gasteiger partial charge >= 0.3 is 0 Å². The molecule has 5 saturated heterocycles. The Morgan fingerprint density at radius 3 is 2.28 bits per heavy atom. The first kappa shape index (κ1) is 73.1. The number of hydrogen-bond acceptors (Lipinski definition) is 17. The van der Waals surface area contributed by atoms with E-state index in [2.05, 4.69) is 87.1 Å². The minimum atomic E-state index is -0.861. The van der Waals surface area contributed by atoms with E-state index >= 15 is 8.78 Å². The molecule has 3 aliphatic carbocycles. The highest BCUT2D eigenvalue weighted by molar-refractivity contribution is 5.94. The van der Waals surface area contributed by atoms with Crippen LogP contribution in [0.4, 0.5) is 26.1 Å². The number of halogens is 2. The molecule has 8 N–H and O–H groups in total. The summed E-state index contributed by atoms with van der Waals surface area (Å²) in [4.78, 5) is 114. The Kier molecular flexibility index (Phi) is 25.1. The number of aromatic nitrogens is 2. The maximum Gasteiger partial charge on any atom is 0.246 e. The average Bonchev–Trinajstić information content (AvgIpc) is 0.995. The number of carbonyl (C=O) groups is 7. The van der Waals surface area contributed by atoms with Crippen LogP contribution in [0.25, 0.3) is 0 Å². The number of likely N-dealkylation sites (N-methyl/N-ethyl adjacent to an activating group) is 1. The number of likely N-dealkylation sites (tertiary alicyclic amines) is 3. The topological polar surface area (TPSA) is 276 Å². The number of rotatable bonds is 29. The van der Waals surface area contributed by atoms with E-state index in [0.717, 1.165) is 121 Å². The van der Waals surface area contributed by atoms with Crippen LogP contribution in [0.15, 0.2) is 48.8 Å². The highest BCUT2D eigenvalue weighted by Gasteiger charge is 2.47. The molecule has 2 aromatic carbocycles. The molecule has 8 aliphatic rings. The van der Waals surface area contributed by atoms with Crippen molar-refractivity contribution in [3.63, 3.8) is 0 Å². The highest BCUT2D eigenvalue weighted by Crippen LogP contribution is 2.40. The second kappa shape index (κ2) is 34.0. The Balaban J connectivity index is 0.528. The van der Waals surface area contributed by atoms with E-state index < -0.39 is 41.3 Å². The predicted octanol–water partition coefficient (Wildman–Crippen LogP) is 4.86. The van der Waals surface area contributed by atoms with Gasteiger partial charge < -0.3 is 71.6 Å². The van der Waals surface area contributed by atoms with Crippen LogP contribution in [0.1, 0.15) is 153 Å². The van der Waals surface area contributed by atoms with Gasteiger partial charge in [-0.15, -0.1) is 0 Å². The van der Waals surface area contributed by atoms with Crippen LogP contribution in [-0.4, -0.2) is 214 Å². The van der Waals surface area contributed by atoms with E-state index in [-0.39, 0.29) is 109 Å². The molecule has 0 unspecified atom stereocenters. The highest BCUT2D eigenvalue weighted by atomic mass is 19.1. The zero-order valence-electron chi connectivity index (χ0n) is 58.6. The Morgan fingerprint density at radius 1 is 0.768 bits per heavy atom.